The monoisotopic (exact) mass is 350 g/mol. The van der Waals surface area contributed by atoms with Crippen molar-refractivity contribution in [1.29, 1.82) is 0 Å². The highest BCUT2D eigenvalue weighted by Crippen LogP contribution is 2.23. The van der Waals surface area contributed by atoms with E-state index < -0.39 is 5.63 Å². The Morgan fingerprint density at radius 2 is 2.08 bits per heavy atom. The van der Waals surface area contributed by atoms with Gasteiger partial charge < -0.3 is 14.3 Å². The maximum Gasteiger partial charge on any atom is 0.336 e. The molecule has 2 heterocycles. The highest BCUT2D eigenvalue weighted by molar-refractivity contribution is 5.81. The van der Waals surface area contributed by atoms with Crippen LogP contribution in [-0.4, -0.2) is 32.4 Å². The lowest BCUT2D eigenvalue weighted by molar-refractivity contribution is 0.415. The molecule has 0 spiro atoms. The minimum Gasteiger partial charge on any atom is -0.508 e. The summed E-state index contributed by atoms with van der Waals surface area (Å²) < 4.78 is 10.3. The van der Waals surface area contributed by atoms with E-state index in [0.29, 0.717) is 28.1 Å². The van der Waals surface area contributed by atoms with Gasteiger partial charge in [-0.2, -0.15) is 4.80 Å². The van der Waals surface area contributed by atoms with Crippen molar-refractivity contribution in [3.05, 3.63) is 64.5 Å². The van der Waals surface area contributed by atoms with Crippen LogP contribution in [0.4, 0.5) is 0 Å². The number of fused-ring (bicyclic) bond motifs is 1. The molecule has 130 valence electrons. The van der Waals surface area contributed by atoms with Gasteiger partial charge in [0.1, 0.15) is 17.1 Å². The third-order valence-corrected chi connectivity index (χ3v) is 3.91. The molecule has 8 nitrogen and oxygen atoms in total. The average Bonchev–Trinajstić information content (AvgIpc) is 3.10. The molecule has 0 fully saturated rings. The van der Waals surface area contributed by atoms with E-state index in [4.69, 9.17) is 9.15 Å². The second kappa shape index (κ2) is 6.32. The molecule has 0 unspecified atom stereocenters. The van der Waals surface area contributed by atoms with Gasteiger partial charge in [-0.25, -0.2) is 4.79 Å². The molecule has 0 radical (unpaired) electrons. The lowest BCUT2D eigenvalue weighted by atomic mass is 10.1. The number of ether oxygens (including phenoxy) is 1. The first-order valence-electron chi connectivity index (χ1n) is 7.80. The number of aromatic hydroxyl groups is 1. The van der Waals surface area contributed by atoms with Crippen LogP contribution < -0.4 is 10.4 Å². The fourth-order valence-corrected chi connectivity index (χ4v) is 2.69. The van der Waals surface area contributed by atoms with Crippen molar-refractivity contribution in [2.45, 2.75) is 6.54 Å². The van der Waals surface area contributed by atoms with Crippen LogP contribution in [0.1, 0.15) is 5.56 Å². The zero-order valence-electron chi connectivity index (χ0n) is 13.8. The maximum absolute atomic E-state index is 11.8. The second-order valence-electron chi connectivity index (χ2n) is 5.65. The molecule has 0 bridgehead atoms. The zero-order chi connectivity index (χ0) is 18.1. The molecule has 8 heteroatoms. The number of rotatable bonds is 4. The summed E-state index contributed by atoms with van der Waals surface area (Å²) in [7, 11) is 1.59. The fraction of sp³-hybridized carbons (Fsp3) is 0.111. The summed E-state index contributed by atoms with van der Waals surface area (Å²) in [5.41, 5.74) is 1.25. The van der Waals surface area contributed by atoms with E-state index in [1.165, 1.54) is 23.0 Å². The Bertz CT molecular complexity index is 1150. The highest BCUT2D eigenvalue weighted by atomic mass is 16.5. The van der Waals surface area contributed by atoms with Gasteiger partial charge in [0.2, 0.25) is 5.82 Å². The van der Waals surface area contributed by atoms with Gasteiger partial charge in [-0.3, -0.25) is 0 Å². The van der Waals surface area contributed by atoms with Gasteiger partial charge in [0.15, 0.2) is 0 Å². The lowest BCUT2D eigenvalue weighted by Gasteiger charge is -2.04. The molecular weight excluding hydrogens is 336 g/mol. The zero-order valence-corrected chi connectivity index (χ0v) is 13.8. The standard InChI is InChI=1S/C18H14N4O4/c1-25-14-4-2-3-11(7-14)18-19-21-22(20-18)10-12-8-17(24)26-16-9-13(23)5-6-15(12)16/h2-9,23H,10H2,1H3. The molecule has 0 aliphatic carbocycles. The van der Waals surface area contributed by atoms with Crippen molar-refractivity contribution in [3.63, 3.8) is 0 Å². The van der Waals surface area contributed by atoms with Gasteiger partial charge in [-0.1, -0.05) is 12.1 Å². The third-order valence-electron chi connectivity index (χ3n) is 3.91. The summed E-state index contributed by atoms with van der Waals surface area (Å²) in [6, 6.07) is 13.3. The maximum atomic E-state index is 11.8. The van der Waals surface area contributed by atoms with Crippen molar-refractivity contribution >= 4 is 11.0 Å². The van der Waals surface area contributed by atoms with Crippen LogP contribution in [0.2, 0.25) is 0 Å². The summed E-state index contributed by atoms with van der Waals surface area (Å²) in [4.78, 5) is 13.2. The molecule has 0 aliphatic heterocycles. The Kier molecular flexibility index (Phi) is 3.85. The molecular formula is C18H14N4O4. The molecule has 4 aromatic rings. The molecule has 0 saturated heterocycles. The summed E-state index contributed by atoms with van der Waals surface area (Å²) in [5.74, 6) is 1.18. The number of benzene rings is 2. The number of tetrazole rings is 1. The lowest BCUT2D eigenvalue weighted by Crippen LogP contribution is -2.08. The van der Waals surface area contributed by atoms with E-state index in [0.717, 1.165) is 5.56 Å². The Labute approximate surface area is 147 Å². The van der Waals surface area contributed by atoms with Gasteiger partial charge in [0.05, 0.1) is 13.7 Å². The van der Waals surface area contributed by atoms with Crippen LogP contribution in [0, 0.1) is 0 Å². The molecule has 0 amide bonds. The van der Waals surface area contributed by atoms with Crippen LogP contribution in [-0.2, 0) is 6.54 Å². The van der Waals surface area contributed by atoms with Crippen LogP contribution in [0.5, 0.6) is 11.5 Å². The Balaban J connectivity index is 1.69. The van der Waals surface area contributed by atoms with Crippen LogP contribution >= 0.6 is 0 Å². The van der Waals surface area contributed by atoms with Crippen LogP contribution in [0.3, 0.4) is 0 Å². The van der Waals surface area contributed by atoms with E-state index >= 15 is 0 Å². The molecule has 2 aromatic carbocycles. The third kappa shape index (κ3) is 3.00. The van der Waals surface area contributed by atoms with Crippen molar-refractivity contribution in [2.24, 2.45) is 0 Å². The van der Waals surface area contributed by atoms with Crippen LogP contribution in [0.25, 0.3) is 22.4 Å². The van der Waals surface area contributed by atoms with Crippen LogP contribution in [0.15, 0.2) is 57.7 Å². The number of methoxy groups -OCH3 is 1. The number of aromatic nitrogens is 4. The molecule has 0 aliphatic rings. The molecule has 26 heavy (non-hydrogen) atoms. The first-order valence-corrected chi connectivity index (χ1v) is 7.80. The van der Waals surface area contributed by atoms with E-state index in [2.05, 4.69) is 15.4 Å². The Morgan fingerprint density at radius 1 is 1.19 bits per heavy atom. The smallest absolute Gasteiger partial charge is 0.336 e. The van der Waals surface area contributed by atoms with E-state index in [-0.39, 0.29) is 12.3 Å². The van der Waals surface area contributed by atoms with Gasteiger partial charge >= 0.3 is 5.63 Å². The SMILES string of the molecule is COc1cccc(-c2nnn(Cc3cc(=O)oc4cc(O)ccc34)n2)c1. The number of phenols is 1. The predicted octanol–water partition coefficient (Wildman–Crippen LogP) is 2.21. The summed E-state index contributed by atoms with van der Waals surface area (Å²) >= 11 is 0. The first-order chi connectivity index (χ1) is 12.6. The number of nitrogens with zero attached hydrogens (tertiary/aromatic N) is 4. The van der Waals surface area contributed by atoms with Gasteiger partial charge in [-0.15, -0.1) is 10.2 Å². The summed E-state index contributed by atoms with van der Waals surface area (Å²) in [6.45, 7) is 0.240. The topological polar surface area (TPSA) is 103 Å². The molecule has 2 aromatic heterocycles. The van der Waals surface area contributed by atoms with E-state index in [1.807, 2.05) is 24.3 Å². The molecule has 0 saturated carbocycles. The van der Waals surface area contributed by atoms with Gasteiger partial charge in [0, 0.05) is 23.1 Å². The minimum atomic E-state index is -0.508. The fourth-order valence-electron chi connectivity index (χ4n) is 2.69. The van der Waals surface area contributed by atoms with Crippen molar-refractivity contribution in [1.82, 2.24) is 20.2 Å². The number of hydrogen-bond acceptors (Lipinski definition) is 7. The molecule has 4 rings (SSSR count). The number of hydrogen-bond donors (Lipinski definition) is 1. The predicted molar refractivity (Wildman–Crippen MR) is 93.1 cm³/mol. The average molecular weight is 350 g/mol. The normalized spacial score (nSPS) is 11.0. The highest BCUT2D eigenvalue weighted by Gasteiger charge is 2.11. The summed E-state index contributed by atoms with van der Waals surface area (Å²) in [6.07, 6.45) is 0. The van der Waals surface area contributed by atoms with Crippen molar-refractivity contribution in [2.75, 3.05) is 7.11 Å². The minimum absolute atomic E-state index is 0.0250. The van der Waals surface area contributed by atoms with E-state index in [1.54, 1.807) is 13.2 Å². The Hall–Kier alpha value is -3.68. The summed E-state index contributed by atoms with van der Waals surface area (Å²) in [5, 5.41) is 22.7. The largest absolute Gasteiger partial charge is 0.508 e. The first kappa shape index (κ1) is 15.8. The van der Waals surface area contributed by atoms with Gasteiger partial charge in [0.25, 0.3) is 0 Å². The number of phenolic OH excluding ortho intramolecular Hbond substituents is 1. The van der Waals surface area contributed by atoms with E-state index in [9.17, 15) is 9.90 Å². The molecule has 0 atom stereocenters. The second-order valence-corrected chi connectivity index (χ2v) is 5.65. The Morgan fingerprint density at radius 3 is 2.92 bits per heavy atom. The molecule has 1 N–H and O–H groups in total. The van der Waals surface area contributed by atoms with Crippen molar-refractivity contribution < 1.29 is 14.3 Å². The quantitative estimate of drug-likeness (QED) is 0.563. The van der Waals surface area contributed by atoms with Gasteiger partial charge in [-0.05, 0) is 35.0 Å². The van der Waals surface area contributed by atoms with Crippen molar-refractivity contribution in [3.8, 4) is 22.9 Å².